The quantitative estimate of drug-likeness (QED) is 0.210. The molecule has 4 aromatic rings. The van der Waals surface area contributed by atoms with Gasteiger partial charge in [-0.1, -0.05) is 77.8 Å². The van der Waals surface area contributed by atoms with Crippen molar-refractivity contribution in [1.82, 2.24) is 9.80 Å². The average Bonchev–Trinajstić information content (AvgIpc) is 2.92. The molecule has 0 atom stereocenters. The molecule has 0 aliphatic heterocycles. The van der Waals surface area contributed by atoms with Crippen LogP contribution in [0.25, 0.3) is 11.0 Å². The maximum Gasteiger partial charge on any atom is 0.254 e. The van der Waals surface area contributed by atoms with Crippen LogP contribution in [0.15, 0.2) is 92.7 Å². The Morgan fingerprint density at radius 1 is 0.923 bits per heavy atom. The van der Waals surface area contributed by atoms with E-state index >= 15 is 0 Å². The number of hydrogen-bond acceptors (Lipinski definition) is 4. The topological polar surface area (TPSA) is 70.8 Å². The SMILES string of the molecule is Cc1ccc2occ(CN(Cc3ccccc3)C(=O)CN(CCC(C)C)C(=O)c3cccc(Br)c3)c(=O)c2c1. The number of rotatable bonds is 10. The standard InChI is InChI=1S/C32H33BrN2O4/c1-22(2)14-15-34(32(38)25-10-7-11-27(33)17-25)20-30(36)35(18-24-8-5-4-6-9-24)19-26-21-39-29-13-12-23(3)16-28(29)31(26)37/h4-13,16-17,21-22H,14-15,18-20H2,1-3H3. The number of hydrogen-bond donors (Lipinski definition) is 0. The summed E-state index contributed by atoms with van der Waals surface area (Å²) < 4.78 is 6.55. The molecule has 202 valence electrons. The van der Waals surface area contributed by atoms with Crippen molar-refractivity contribution < 1.29 is 14.0 Å². The van der Waals surface area contributed by atoms with Gasteiger partial charge in [-0.3, -0.25) is 14.4 Å². The van der Waals surface area contributed by atoms with Crippen LogP contribution in [0, 0.1) is 12.8 Å². The Labute approximate surface area is 237 Å². The normalized spacial score (nSPS) is 11.1. The van der Waals surface area contributed by atoms with E-state index in [1.54, 1.807) is 34.1 Å². The molecule has 3 aromatic carbocycles. The van der Waals surface area contributed by atoms with Crippen LogP contribution in [-0.2, 0) is 17.9 Å². The van der Waals surface area contributed by atoms with Crippen LogP contribution < -0.4 is 5.43 Å². The summed E-state index contributed by atoms with van der Waals surface area (Å²) >= 11 is 3.43. The summed E-state index contributed by atoms with van der Waals surface area (Å²) in [6.07, 6.45) is 2.20. The van der Waals surface area contributed by atoms with Crippen LogP contribution in [0.5, 0.6) is 0 Å². The maximum atomic E-state index is 13.8. The molecule has 0 unspecified atom stereocenters. The van der Waals surface area contributed by atoms with Gasteiger partial charge in [0.25, 0.3) is 5.91 Å². The van der Waals surface area contributed by atoms with Crippen molar-refractivity contribution in [3.8, 4) is 0 Å². The van der Waals surface area contributed by atoms with E-state index in [9.17, 15) is 14.4 Å². The fraction of sp³-hybridized carbons (Fsp3) is 0.281. The zero-order valence-electron chi connectivity index (χ0n) is 22.5. The van der Waals surface area contributed by atoms with E-state index < -0.39 is 0 Å². The van der Waals surface area contributed by atoms with Crippen LogP contribution in [0.2, 0.25) is 0 Å². The van der Waals surface area contributed by atoms with E-state index in [2.05, 4.69) is 29.8 Å². The number of amides is 2. The molecule has 0 saturated carbocycles. The third-order valence-electron chi connectivity index (χ3n) is 6.59. The number of benzene rings is 3. The Bertz CT molecular complexity index is 1510. The Balaban J connectivity index is 1.64. The van der Waals surface area contributed by atoms with Crippen molar-refractivity contribution in [2.45, 2.75) is 40.3 Å². The second-order valence-electron chi connectivity index (χ2n) is 10.2. The molecular formula is C32H33BrN2O4. The number of carbonyl (C=O) groups is 2. The molecular weight excluding hydrogens is 556 g/mol. The molecule has 0 radical (unpaired) electrons. The molecule has 0 spiro atoms. The summed E-state index contributed by atoms with van der Waals surface area (Å²) in [6.45, 7) is 6.83. The van der Waals surface area contributed by atoms with E-state index in [1.165, 1.54) is 6.26 Å². The first-order valence-corrected chi connectivity index (χ1v) is 13.9. The summed E-state index contributed by atoms with van der Waals surface area (Å²) in [5.41, 5.74) is 3.14. The lowest BCUT2D eigenvalue weighted by molar-refractivity contribution is -0.133. The van der Waals surface area contributed by atoms with E-state index in [0.717, 1.165) is 22.0 Å². The third-order valence-corrected chi connectivity index (χ3v) is 7.08. The predicted molar refractivity (Wildman–Crippen MR) is 157 cm³/mol. The number of nitrogens with zero attached hydrogens (tertiary/aromatic N) is 2. The minimum absolute atomic E-state index is 0.0725. The average molecular weight is 590 g/mol. The minimum Gasteiger partial charge on any atom is -0.464 e. The highest BCUT2D eigenvalue weighted by atomic mass is 79.9. The molecule has 7 heteroatoms. The van der Waals surface area contributed by atoms with Gasteiger partial charge >= 0.3 is 0 Å². The largest absolute Gasteiger partial charge is 0.464 e. The van der Waals surface area contributed by atoms with E-state index in [4.69, 9.17) is 4.42 Å². The first-order valence-electron chi connectivity index (χ1n) is 13.1. The first-order chi connectivity index (χ1) is 18.7. The molecule has 4 rings (SSSR count). The molecule has 0 aliphatic rings. The lowest BCUT2D eigenvalue weighted by Crippen LogP contribution is -2.43. The van der Waals surface area contributed by atoms with E-state index in [-0.39, 0.29) is 30.3 Å². The molecule has 0 N–H and O–H groups in total. The van der Waals surface area contributed by atoms with Crippen molar-refractivity contribution in [2.24, 2.45) is 5.92 Å². The molecule has 0 saturated heterocycles. The lowest BCUT2D eigenvalue weighted by atomic mass is 10.1. The van der Waals surface area contributed by atoms with Gasteiger partial charge in [0.05, 0.1) is 23.8 Å². The zero-order chi connectivity index (χ0) is 27.9. The highest BCUT2D eigenvalue weighted by molar-refractivity contribution is 9.10. The number of carbonyl (C=O) groups excluding carboxylic acids is 2. The molecule has 0 bridgehead atoms. The fourth-order valence-corrected chi connectivity index (χ4v) is 4.77. The van der Waals surface area contributed by atoms with Crippen LogP contribution in [0.3, 0.4) is 0 Å². The van der Waals surface area contributed by atoms with Crippen molar-refractivity contribution in [1.29, 1.82) is 0 Å². The van der Waals surface area contributed by atoms with E-state index in [0.29, 0.717) is 41.1 Å². The number of fused-ring (bicyclic) bond motifs is 1. The predicted octanol–water partition coefficient (Wildman–Crippen LogP) is 6.58. The molecule has 2 amide bonds. The van der Waals surface area contributed by atoms with Crippen LogP contribution >= 0.6 is 15.9 Å². The fourth-order valence-electron chi connectivity index (χ4n) is 4.37. The van der Waals surface area contributed by atoms with Gasteiger partial charge in [-0.15, -0.1) is 0 Å². The highest BCUT2D eigenvalue weighted by Gasteiger charge is 2.24. The van der Waals surface area contributed by atoms with E-state index in [1.807, 2.05) is 55.5 Å². The summed E-state index contributed by atoms with van der Waals surface area (Å²) in [6, 6.07) is 22.3. The number of halogens is 1. The smallest absolute Gasteiger partial charge is 0.254 e. The van der Waals surface area contributed by atoms with Gasteiger partial charge in [0.1, 0.15) is 12.1 Å². The second-order valence-corrected chi connectivity index (χ2v) is 11.2. The zero-order valence-corrected chi connectivity index (χ0v) is 24.1. The summed E-state index contributed by atoms with van der Waals surface area (Å²) in [4.78, 5) is 43.9. The third kappa shape index (κ3) is 7.45. The monoisotopic (exact) mass is 588 g/mol. The van der Waals surface area contributed by atoms with Gasteiger partial charge in [0, 0.05) is 23.1 Å². The lowest BCUT2D eigenvalue weighted by Gasteiger charge is -2.28. The first kappa shape index (κ1) is 28.3. The Kier molecular flexibility index (Phi) is 9.36. The van der Waals surface area contributed by atoms with Gasteiger partial charge in [-0.2, -0.15) is 0 Å². The van der Waals surface area contributed by atoms with Crippen LogP contribution in [-0.4, -0.2) is 34.7 Å². The summed E-state index contributed by atoms with van der Waals surface area (Å²) in [7, 11) is 0. The summed E-state index contributed by atoms with van der Waals surface area (Å²) in [5.74, 6) is -0.0793. The van der Waals surface area contributed by atoms with Gasteiger partial charge in [0.15, 0.2) is 5.43 Å². The van der Waals surface area contributed by atoms with Gasteiger partial charge in [-0.05, 0) is 55.2 Å². The van der Waals surface area contributed by atoms with Crippen LogP contribution in [0.1, 0.15) is 47.3 Å². The molecule has 1 heterocycles. The van der Waals surface area contributed by atoms with Crippen molar-refractivity contribution >= 4 is 38.7 Å². The molecule has 39 heavy (non-hydrogen) atoms. The van der Waals surface area contributed by atoms with Crippen LogP contribution in [0.4, 0.5) is 0 Å². The van der Waals surface area contributed by atoms with Gasteiger partial charge in [0.2, 0.25) is 5.91 Å². The molecule has 6 nitrogen and oxygen atoms in total. The molecule has 0 aliphatic carbocycles. The summed E-state index contributed by atoms with van der Waals surface area (Å²) in [5, 5.41) is 0.489. The van der Waals surface area contributed by atoms with Crippen molar-refractivity contribution in [3.63, 3.8) is 0 Å². The molecule has 1 aromatic heterocycles. The highest BCUT2D eigenvalue weighted by Crippen LogP contribution is 2.18. The minimum atomic E-state index is -0.241. The molecule has 0 fully saturated rings. The second kappa shape index (κ2) is 12.9. The number of aryl methyl sites for hydroxylation is 1. The van der Waals surface area contributed by atoms with Gasteiger partial charge < -0.3 is 14.2 Å². The van der Waals surface area contributed by atoms with Gasteiger partial charge in [-0.25, -0.2) is 0 Å². The van der Waals surface area contributed by atoms with Crippen molar-refractivity contribution in [3.05, 3.63) is 116 Å². The van der Waals surface area contributed by atoms with Crippen molar-refractivity contribution in [2.75, 3.05) is 13.1 Å². The Morgan fingerprint density at radius 3 is 2.41 bits per heavy atom. The Hall–Kier alpha value is -3.71. The Morgan fingerprint density at radius 2 is 1.69 bits per heavy atom. The maximum absolute atomic E-state index is 13.8.